The van der Waals surface area contributed by atoms with Gasteiger partial charge in [-0.1, -0.05) is 162 Å². The van der Waals surface area contributed by atoms with Gasteiger partial charge in [-0.05, 0) is 37.9 Å². The lowest BCUT2D eigenvalue weighted by Gasteiger charge is -2.25. The van der Waals surface area contributed by atoms with Gasteiger partial charge in [0.05, 0.1) is 8.80 Å². The number of rotatable bonds is 5. The molecule has 0 bridgehead atoms. The van der Waals surface area contributed by atoms with Gasteiger partial charge in [0, 0.05) is 0 Å². The lowest BCUT2D eigenvalue weighted by Crippen LogP contribution is -2.52. The Morgan fingerprint density at radius 2 is 0.806 bits per heavy atom. The Labute approximate surface area is 217 Å². The molecule has 0 aliphatic heterocycles. The van der Waals surface area contributed by atoms with Crippen molar-refractivity contribution in [1.29, 1.82) is 0 Å². The van der Waals surface area contributed by atoms with Crippen LogP contribution < -0.4 is 20.7 Å². The zero-order chi connectivity index (χ0) is 24.5. The van der Waals surface area contributed by atoms with Gasteiger partial charge in [-0.25, -0.2) is 0 Å². The minimum absolute atomic E-state index is 0.706. The zero-order valence-electron chi connectivity index (χ0n) is 20.7. The Kier molecular flexibility index (Phi) is 6.14. The Morgan fingerprint density at radius 3 is 1.31 bits per heavy atom. The molecule has 0 aromatic heterocycles. The van der Waals surface area contributed by atoms with E-state index in [9.17, 15) is 0 Å². The van der Waals surface area contributed by atoms with E-state index in [-0.39, 0.29) is 0 Å². The Morgan fingerprint density at radius 1 is 0.389 bits per heavy atom. The fraction of sp³-hybridized carbons (Fsp3) is 0.0588. The molecular formula is C34H28Si2. The van der Waals surface area contributed by atoms with Gasteiger partial charge in [-0.15, -0.1) is 0 Å². The first kappa shape index (κ1) is 22.7. The van der Waals surface area contributed by atoms with Crippen molar-refractivity contribution in [3.8, 4) is 11.1 Å². The van der Waals surface area contributed by atoms with Gasteiger partial charge in [0.25, 0.3) is 0 Å². The Hall–Kier alpha value is -3.73. The summed E-state index contributed by atoms with van der Waals surface area (Å²) in [6, 6.07) is 49.6. The van der Waals surface area contributed by atoms with Crippen LogP contribution in [0.3, 0.4) is 0 Å². The number of benzene rings is 6. The van der Waals surface area contributed by atoms with Gasteiger partial charge < -0.3 is 0 Å². The molecule has 6 aromatic carbocycles. The van der Waals surface area contributed by atoms with Crippen molar-refractivity contribution in [2.45, 2.75) is 13.1 Å². The van der Waals surface area contributed by atoms with Crippen LogP contribution in [0, 0.1) is 0 Å². The summed E-state index contributed by atoms with van der Waals surface area (Å²) >= 11 is 0. The van der Waals surface area contributed by atoms with Crippen LogP contribution in [0.4, 0.5) is 0 Å². The molecule has 0 unspecified atom stereocenters. The molecule has 6 rings (SSSR count). The average molecular weight is 493 g/mol. The maximum absolute atomic E-state index is 2.43. The van der Waals surface area contributed by atoms with E-state index in [0.29, 0.717) is 0 Å². The molecule has 0 aliphatic carbocycles. The second-order valence-corrected chi connectivity index (χ2v) is 14.5. The predicted octanol–water partition coefficient (Wildman–Crippen LogP) is 6.14. The maximum Gasteiger partial charge on any atom is 0.155 e. The Bertz CT molecular complexity index is 1610. The minimum atomic E-state index is -1.24. The van der Waals surface area contributed by atoms with E-state index in [4.69, 9.17) is 0 Å². The van der Waals surface area contributed by atoms with Gasteiger partial charge in [-0.2, -0.15) is 0 Å². The number of fused-ring (bicyclic) bond motifs is 2. The molecule has 0 spiro atoms. The van der Waals surface area contributed by atoms with E-state index in [2.05, 4.69) is 147 Å². The van der Waals surface area contributed by atoms with Crippen molar-refractivity contribution in [1.82, 2.24) is 0 Å². The van der Waals surface area contributed by atoms with E-state index < -0.39 is 17.6 Å². The van der Waals surface area contributed by atoms with E-state index in [1.54, 1.807) is 0 Å². The fourth-order valence-corrected chi connectivity index (χ4v) is 9.34. The van der Waals surface area contributed by atoms with E-state index in [1.165, 1.54) is 53.4 Å². The van der Waals surface area contributed by atoms with Crippen LogP contribution in [0.5, 0.6) is 0 Å². The molecule has 6 aromatic rings. The van der Waals surface area contributed by atoms with Gasteiger partial charge in [0.2, 0.25) is 0 Å². The smallest absolute Gasteiger partial charge is 0.0671 e. The largest absolute Gasteiger partial charge is 0.155 e. The van der Waals surface area contributed by atoms with Crippen molar-refractivity contribution >= 4 is 59.9 Å². The third-order valence-corrected chi connectivity index (χ3v) is 11.3. The number of hydrogen-bond donors (Lipinski definition) is 0. The van der Waals surface area contributed by atoms with Crippen molar-refractivity contribution in [3.05, 3.63) is 133 Å². The lowest BCUT2D eigenvalue weighted by atomic mass is 9.93. The molecule has 172 valence electrons. The second-order valence-electron chi connectivity index (χ2n) is 9.53. The van der Waals surface area contributed by atoms with Crippen molar-refractivity contribution in [3.63, 3.8) is 0 Å². The first-order chi connectivity index (χ1) is 17.7. The monoisotopic (exact) mass is 492 g/mol. The third-order valence-electron chi connectivity index (χ3n) is 7.04. The summed E-state index contributed by atoms with van der Waals surface area (Å²) < 4.78 is 0. The summed E-state index contributed by atoms with van der Waals surface area (Å²) in [5.41, 5.74) is 2.86. The highest BCUT2D eigenvalue weighted by molar-refractivity contribution is 6.96. The van der Waals surface area contributed by atoms with Gasteiger partial charge in [0.15, 0.2) is 8.80 Å². The topological polar surface area (TPSA) is 0 Å². The molecule has 2 radical (unpaired) electrons. The van der Waals surface area contributed by atoms with Crippen LogP contribution in [0.2, 0.25) is 13.1 Å². The van der Waals surface area contributed by atoms with Gasteiger partial charge in [-0.3, -0.25) is 0 Å². The average Bonchev–Trinajstić information content (AvgIpc) is 2.93. The van der Waals surface area contributed by atoms with Gasteiger partial charge >= 0.3 is 0 Å². The highest BCUT2D eigenvalue weighted by atomic mass is 28.3. The van der Waals surface area contributed by atoms with E-state index in [1.807, 2.05) is 0 Å². The fourth-order valence-electron chi connectivity index (χ4n) is 5.39. The molecule has 0 aliphatic rings. The molecule has 2 heteroatoms. The van der Waals surface area contributed by atoms with Crippen molar-refractivity contribution < 1.29 is 0 Å². The van der Waals surface area contributed by atoms with Crippen LogP contribution in [-0.2, 0) is 0 Å². The molecule has 0 amide bonds. The van der Waals surface area contributed by atoms with Crippen LogP contribution in [0.1, 0.15) is 0 Å². The van der Waals surface area contributed by atoms with Crippen LogP contribution in [0.15, 0.2) is 133 Å². The molecule has 0 saturated carbocycles. The third kappa shape index (κ3) is 4.03. The molecular weight excluding hydrogens is 465 g/mol. The first-order valence-electron chi connectivity index (χ1n) is 12.5. The normalized spacial score (nSPS) is 11.6. The molecule has 36 heavy (non-hydrogen) atoms. The lowest BCUT2D eigenvalue weighted by molar-refractivity contribution is 1.70. The summed E-state index contributed by atoms with van der Waals surface area (Å²) in [5, 5.41) is 11.2. The quantitative estimate of drug-likeness (QED) is 0.200. The second kappa shape index (κ2) is 9.73. The summed E-state index contributed by atoms with van der Waals surface area (Å²) in [7, 11) is -1.95. The van der Waals surface area contributed by atoms with Crippen LogP contribution >= 0.6 is 0 Å². The summed E-state index contributed by atoms with van der Waals surface area (Å²) in [5.74, 6) is 0. The van der Waals surface area contributed by atoms with Crippen LogP contribution in [-0.4, -0.2) is 17.6 Å². The maximum atomic E-state index is 2.43. The summed E-state index contributed by atoms with van der Waals surface area (Å²) in [4.78, 5) is 0. The van der Waals surface area contributed by atoms with Crippen LogP contribution in [0.25, 0.3) is 32.7 Å². The van der Waals surface area contributed by atoms with E-state index >= 15 is 0 Å². The number of hydrogen-bond acceptors (Lipinski definition) is 0. The highest BCUT2D eigenvalue weighted by Gasteiger charge is 2.26. The first-order valence-corrected chi connectivity index (χ1v) is 16.5. The highest BCUT2D eigenvalue weighted by Crippen LogP contribution is 2.32. The molecule has 0 atom stereocenters. The Balaban J connectivity index is 1.78. The summed E-state index contributed by atoms with van der Waals surface area (Å²) in [6.45, 7) is 4.84. The zero-order valence-corrected chi connectivity index (χ0v) is 22.7. The standard InChI is InChI=1S/C34H28Si2/c1-35(2)31-23-21-25-13-9-11-19-29(25)33(31)34-30-20-12-10-14-26(30)22-24-32(34)36(27-15-5-3-6-16-27)28-17-7-4-8-18-28/h3-24H,1-2H3. The predicted molar refractivity (Wildman–Crippen MR) is 162 cm³/mol. The molecule has 0 N–H and O–H groups in total. The molecule has 0 nitrogen and oxygen atoms in total. The molecule has 0 saturated heterocycles. The van der Waals surface area contributed by atoms with Gasteiger partial charge in [0.1, 0.15) is 0 Å². The summed E-state index contributed by atoms with van der Waals surface area (Å²) in [6.07, 6.45) is 0. The molecule has 0 fully saturated rings. The minimum Gasteiger partial charge on any atom is -0.0671 e. The van der Waals surface area contributed by atoms with E-state index in [0.717, 1.165) is 0 Å². The SMILES string of the molecule is C[Si](C)c1ccc2ccccc2c1-c1c([Si](c2ccccc2)c2ccccc2)ccc2ccccc12. The van der Waals surface area contributed by atoms with Crippen molar-refractivity contribution in [2.24, 2.45) is 0 Å². The van der Waals surface area contributed by atoms with Crippen molar-refractivity contribution in [2.75, 3.05) is 0 Å². The molecule has 0 heterocycles.